The third kappa shape index (κ3) is 2.32. The molecule has 4 nitrogen and oxygen atoms in total. The van der Waals surface area contributed by atoms with Gasteiger partial charge in [0.2, 0.25) is 0 Å². The molecule has 1 N–H and O–H groups in total. The molecule has 0 aliphatic carbocycles. The average Bonchev–Trinajstić information content (AvgIpc) is 2.19. The van der Waals surface area contributed by atoms with Crippen LogP contribution < -0.4 is 0 Å². The average molecular weight is 191 g/mol. The molecule has 4 heteroatoms. The second-order valence-electron chi connectivity index (χ2n) is 2.62. The zero-order valence-corrected chi connectivity index (χ0v) is 8.06. The van der Waals surface area contributed by atoms with Crippen LogP contribution in [0.15, 0.2) is 34.6 Å². The Morgan fingerprint density at radius 1 is 1.43 bits per heavy atom. The van der Waals surface area contributed by atoms with E-state index >= 15 is 0 Å². The molecule has 0 aliphatic heterocycles. The quantitative estimate of drug-likeness (QED) is 0.449. The van der Waals surface area contributed by atoms with Crippen LogP contribution in [0, 0.1) is 0 Å². The van der Waals surface area contributed by atoms with Gasteiger partial charge in [0, 0.05) is 11.1 Å². The highest BCUT2D eigenvalue weighted by Gasteiger charge is 2.03. The van der Waals surface area contributed by atoms with Gasteiger partial charge in [-0.25, -0.2) is 0 Å². The van der Waals surface area contributed by atoms with Gasteiger partial charge in [0.25, 0.3) is 0 Å². The predicted octanol–water partition coefficient (Wildman–Crippen LogP) is 1.74. The Morgan fingerprint density at radius 2 is 2.14 bits per heavy atom. The topological polar surface area (TPSA) is 54.2 Å². The van der Waals surface area contributed by atoms with E-state index in [1.165, 1.54) is 7.11 Å². The van der Waals surface area contributed by atoms with Gasteiger partial charge in [0.1, 0.15) is 13.3 Å². The van der Waals surface area contributed by atoms with Gasteiger partial charge in [0.05, 0.1) is 5.71 Å². The van der Waals surface area contributed by atoms with Crippen molar-refractivity contribution in [3.8, 4) is 0 Å². The van der Waals surface area contributed by atoms with E-state index < -0.39 is 0 Å². The lowest BCUT2D eigenvalue weighted by atomic mass is 10.1. The van der Waals surface area contributed by atoms with Crippen LogP contribution in [0.4, 0.5) is 0 Å². The summed E-state index contributed by atoms with van der Waals surface area (Å²) in [5, 5.41) is 15.1. The zero-order valence-electron chi connectivity index (χ0n) is 8.06. The second-order valence-corrected chi connectivity index (χ2v) is 2.62. The van der Waals surface area contributed by atoms with Gasteiger partial charge in [-0.3, -0.25) is 0 Å². The van der Waals surface area contributed by atoms with Crippen molar-refractivity contribution in [2.75, 3.05) is 7.11 Å². The fraction of sp³-hybridized carbons (Fsp3) is 0.200. The molecule has 1 aromatic carbocycles. The Labute approximate surface area is 82.5 Å². The standard InChI is InChI=1S/C10H11N2O2/c1-8(12-14-2)10-6-4-3-5-9(10)7-11-13/h3-6,13H,1-2H3. The summed E-state index contributed by atoms with van der Waals surface area (Å²) in [5.41, 5.74) is 2.21. The van der Waals surface area contributed by atoms with Gasteiger partial charge in [-0.15, -0.1) is 0 Å². The lowest BCUT2D eigenvalue weighted by molar-refractivity contribution is 0.213. The van der Waals surface area contributed by atoms with Crippen molar-refractivity contribution >= 4 is 11.9 Å². The Balaban J connectivity index is 3.13. The van der Waals surface area contributed by atoms with E-state index in [9.17, 15) is 0 Å². The van der Waals surface area contributed by atoms with Crippen molar-refractivity contribution in [2.45, 2.75) is 6.92 Å². The summed E-state index contributed by atoms with van der Waals surface area (Å²) in [6, 6.07) is 7.33. The van der Waals surface area contributed by atoms with Gasteiger partial charge in [-0.2, -0.15) is 0 Å². The maximum absolute atomic E-state index is 8.40. The minimum atomic E-state index is 0.674. The molecule has 0 unspecified atom stereocenters. The highest BCUT2D eigenvalue weighted by Crippen LogP contribution is 2.08. The fourth-order valence-corrected chi connectivity index (χ4v) is 1.14. The molecular weight excluding hydrogens is 180 g/mol. The molecule has 0 bridgehead atoms. The molecule has 0 aliphatic rings. The molecule has 0 fully saturated rings. The summed E-state index contributed by atoms with van der Waals surface area (Å²) < 4.78 is 0. The number of nitrogens with zero attached hydrogens (tertiary/aromatic N) is 2. The summed E-state index contributed by atoms with van der Waals surface area (Å²) in [5.74, 6) is 0. The summed E-state index contributed by atoms with van der Waals surface area (Å²) in [4.78, 5) is 4.66. The molecule has 0 atom stereocenters. The number of hydrogen-bond donors (Lipinski definition) is 1. The van der Waals surface area contributed by atoms with Crippen molar-refractivity contribution in [3.63, 3.8) is 0 Å². The van der Waals surface area contributed by atoms with Gasteiger partial charge in [0.15, 0.2) is 0 Å². The molecule has 0 amide bonds. The van der Waals surface area contributed by atoms with Crippen LogP contribution in [-0.4, -0.2) is 24.2 Å². The predicted molar refractivity (Wildman–Crippen MR) is 54.0 cm³/mol. The normalized spacial score (nSPS) is 12.0. The van der Waals surface area contributed by atoms with Crippen molar-refractivity contribution < 1.29 is 10.0 Å². The van der Waals surface area contributed by atoms with E-state index in [1.54, 1.807) is 13.0 Å². The summed E-state index contributed by atoms with van der Waals surface area (Å²) >= 11 is 0. The molecule has 1 radical (unpaired) electrons. The molecule has 0 saturated carbocycles. The van der Waals surface area contributed by atoms with Crippen LogP contribution in [0.1, 0.15) is 18.1 Å². The van der Waals surface area contributed by atoms with Gasteiger partial charge in [-0.05, 0) is 6.92 Å². The first kappa shape index (κ1) is 10.2. The molecule has 0 aromatic heterocycles. The van der Waals surface area contributed by atoms with Crippen LogP contribution in [0.5, 0.6) is 0 Å². The lowest BCUT2D eigenvalue weighted by Crippen LogP contribution is -2.00. The Hall–Kier alpha value is -1.84. The SMILES string of the molecule is CON=C(C)c1ccccc1[C]=NO. The fourth-order valence-electron chi connectivity index (χ4n) is 1.14. The third-order valence-electron chi connectivity index (χ3n) is 1.72. The van der Waals surface area contributed by atoms with Crippen molar-refractivity contribution in [1.82, 2.24) is 0 Å². The molecule has 0 spiro atoms. The number of benzene rings is 1. The van der Waals surface area contributed by atoms with E-state index in [2.05, 4.69) is 21.4 Å². The van der Waals surface area contributed by atoms with E-state index in [0.29, 0.717) is 11.3 Å². The van der Waals surface area contributed by atoms with Crippen LogP contribution in [0.2, 0.25) is 0 Å². The summed E-state index contributed by atoms with van der Waals surface area (Å²) in [7, 11) is 1.48. The Morgan fingerprint density at radius 3 is 2.79 bits per heavy atom. The largest absolute Gasteiger partial charge is 0.410 e. The number of hydrogen-bond acceptors (Lipinski definition) is 4. The van der Waals surface area contributed by atoms with Crippen LogP contribution in [0.3, 0.4) is 0 Å². The first-order valence-electron chi connectivity index (χ1n) is 4.07. The summed E-state index contributed by atoms with van der Waals surface area (Å²) in [6.45, 7) is 1.81. The Bertz CT molecular complexity index is 359. The third-order valence-corrected chi connectivity index (χ3v) is 1.72. The number of rotatable bonds is 3. The molecule has 1 rings (SSSR count). The van der Waals surface area contributed by atoms with Gasteiger partial charge < -0.3 is 10.0 Å². The number of oxime groups is 1. The minimum absolute atomic E-state index is 0.674. The summed E-state index contributed by atoms with van der Waals surface area (Å²) in [6.07, 6.45) is 2.46. The van der Waals surface area contributed by atoms with Crippen molar-refractivity contribution in [3.05, 3.63) is 35.4 Å². The smallest absolute Gasteiger partial charge is 0.140 e. The first-order valence-corrected chi connectivity index (χ1v) is 4.07. The van der Waals surface area contributed by atoms with Gasteiger partial charge >= 0.3 is 0 Å². The maximum atomic E-state index is 8.40. The van der Waals surface area contributed by atoms with Crippen LogP contribution in [0.25, 0.3) is 0 Å². The van der Waals surface area contributed by atoms with Gasteiger partial charge in [-0.1, -0.05) is 34.6 Å². The monoisotopic (exact) mass is 191 g/mol. The van der Waals surface area contributed by atoms with E-state index in [1.807, 2.05) is 18.2 Å². The molecule has 0 saturated heterocycles. The van der Waals surface area contributed by atoms with Crippen molar-refractivity contribution in [1.29, 1.82) is 0 Å². The van der Waals surface area contributed by atoms with E-state index in [4.69, 9.17) is 5.21 Å². The van der Waals surface area contributed by atoms with Crippen LogP contribution in [-0.2, 0) is 4.84 Å². The van der Waals surface area contributed by atoms with Crippen LogP contribution >= 0.6 is 0 Å². The molecule has 1 aromatic rings. The second kappa shape index (κ2) is 5.01. The molecular formula is C10H11N2O2. The molecule has 73 valence electrons. The minimum Gasteiger partial charge on any atom is -0.410 e. The highest BCUT2D eigenvalue weighted by molar-refractivity contribution is 6.05. The molecule has 14 heavy (non-hydrogen) atoms. The Kier molecular flexibility index (Phi) is 3.67. The van der Waals surface area contributed by atoms with E-state index in [-0.39, 0.29) is 0 Å². The van der Waals surface area contributed by atoms with Crippen molar-refractivity contribution in [2.24, 2.45) is 10.3 Å². The zero-order chi connectivity index (χ0) is 10.4. The highest BCUT2D eigenvalue weighted by atomic mass is 16.6. The lowest BCUT2D eigenvalue weighted by Gasteiger charge is -2.02. The van der Waals surface area contributed by atoms with E-state index in [0.717, 1.165) is 5.56 Å². The molecule has 0 heterocycles. The first-order chi connectivity index (χ1) is 6.79. The maximum Gasteiger partial charge on any atom is 0.140 e.